The number of fused-ring (bicyclic) bond motifs is 1. The van der Waals surface area contributed by atoms with Gasteiger partial charge in [0.05, 0.1) is 10.2 Å². The second-order valence-electron chi connectivity index (χ2n) is 2.64. The van der Waals surface area contributed by atoms with Crippen LogP contribution in [0.4, 0.5) is 4.39 Å². The molecule has 0 saturated heterocycles. The first-order chi connectivity index (χ1) is 5.27. The molecule has 0 aliphatic heterocycles. The zero-order valence-electron chi connectivity index (χ0n) is 5.89. The Hall–Kier alpha value is -0.893. The van der Waals surface area contributed by atoms with Gasteiger partial charge in [0.2, 0.25) is 0 Å². The Bertz CT molecular complexity index is 329. The third-order valence-corrected chi connectivity index (χ3v) is 2.25. The fourth-order valence-corrected chi connectivity index (χ4v) is 1.50. The molecule has 0 nitrogen and oxygen atoms in total. The van der Waals surface area contributed by atoms with Crippen LogP contribution in [-0.4, -0.2) is 10.2 Å². The molecule has 1 aliphatic rings. The maximum atomic E-state index is 12.9. The van der Waals surface area contributed by atoms with Gasteiger partial charge in [-0.1, -0.05) is 18.2 Å². The Balaban J connectivity index is 2.63. The van der Waals surface area contributed by atoms with E-state index in [0.29, 0.717) is 5.19 Å². The van der Waals surface area contributed by atoms with Crippen molar-refractivity contribution in [3.63, 3.8) is 0 Å². The molecule has 3 radical (unpaired) electrons. The average Bonchev–Trinajstić information content (AvgIpc) is 2.36. The van der Waals surface area contributed by atoms with Gasteiger partial charge in [-0.2, -0.15) is 0 Å². The van der Waals surface area contributed by atoms with Gasteiger partial charge in [0, 0.05) is 0 Å². The Labute approximate surface area is 68.2 Å². The minimum absolute atomic E-state index is 0.177. The SMILES string of the molecule is Fc1cc2c(cc1[Si])C=CC2. The zero-order chi connectivity index (χ0) is 7.84. The summed E-state index contributed by atoms with van der Waals surface area (Å²) in [4.78, 5) is 0. The lowest BCUT2D eigenvalue weighted by molar-refractivity contribution is 0.634. The molecule has 0 bridgehead atoms. The van der Waals surface area contributed by atoms with Crippen LogP contribution in [0, 0.1) is 5.82 Å². The van der Waals surface area contributed by atoms with Crippen molar-refractivity contribution >= 4 is 21.5 Å². The van der Waals surface area contributed by atoms with Crippen LogP contribution in [0.1, 0.15) is 11.1 Å². The highest BCUT2D eigenvalue weighted by molar-refractivity contribution is 6.32. The first-order valence-corrected chi connectivity index (χ1v) is 3.98. The van der Waals surface area contributed by atoms with E-state index in [0.717, 1.165) is 17.5 Å². The van der Waals surface area contributed by atoms with Gasteiger partial charge in [-0.3, -0.25) is 0 Å². The molecule has 0 fully saturated rings. The number of hydrogen-bond acceptors (Lipinski definition) is 0. The third kappa shape index (κ3) is 1.03. The molecule has 0 atom stereocenters. The molecule has 0 spiro atoms. The molecule has 2 heteroatoms. The van der Waals surface area contributed by atoms with Crippen LogP contribution in [-0.2, 0) is 6.42 Å². The average molecular weight is 161 g/mol. The second kappa shape index (κ2) is 2.31. The van der Waals surface area contributed by atoms with Crippen molar-refractivity contribution in [2.75, 3.05) is 0 Å². The van der Waals surface area contributed by atoms with E-state index in [2.05, 4.69) is 10.2 Å². The largest absolute Gasteiger partial charge is 0.207 e. The first kappa shape index (κ1) is 6.79. The maximum Gasteiger partial charge on any atom is 0.121 e. The van der Waals surface area contributed by atoms with Crippen molar-refractivity contribution < 1.29 is 4.39 Å². The maximum absolute atomic E-state index is 12.9. The van der Waals surface area contributed by atoms with Crippen molar-refractivity contribution in [2.24, 2.45) is 0 Å². The summed E-state index contributed by atoms with van der Waals surface area (Å²) in [5.41, 5.74) is 2.20. The summed E-state index contributed by atoms with van der Waals surface area (Å²) in [5.74, 6) is -0.177. The highest BCUT2D eigenvalue weighted by Crippen LogP contribution is 2.18. The van der Waals surface area contributed by atoms with E-state index < -0.39 is 0 Å². The molecule has 0 unspecified atom stereocenters. The van der Waals surface area contributed by atoms with E-state index in [1.807, 2.05) is 18.2 Å². The summed E-state index contributed by atoms with van der Waals surface area (Å²) in [6, 6.07) is 3.39. The molecule has 1 aromatic rings. The number of rotatable bonds is 0. The minimum atomic E-state index is -0.177. The van der Waals surface area contributed by atoms with Gasteiger partial charge in [0.25, 0.3) is 0 Å². The standard InChI is InChI=1S/C9H6FSi/c10-8-4-6-2-1-3-7(6)5-9(8)11/h1,3-5H,2H2. The molecule has 0 N–H and O–H groups in total. The summed E-state index contributed by atoms with van der Waals surface area (Å²) in [6.07, 6.45) is 4.91. The van der Waals surface area contributed by atoms with Crippen molar-refractivity contribution in [1.82, 2.24) is 0 Å². The fourth-order valence-electron chi connectivity index (χ4n) is 1.28. The van der Waals surface area contributed by atoms with Crippen LogP contribution in [0.3, 0.4) is 0 Å². The van der Waals surface area contributed by atoms with Gasteiger partial charge >= 0.3 is 0 Å². The van der Waals surface area contributed by atoms with E-state index in [4.69, 9.17) is 0 Å². The van der Waals surface area contributed by atoms with Crippen LogP contribution in [0.2, 0.25) is 0 Å². The van der Waals surface area contributed by atoms with Crippen LogP contribution < -0.4 is 5.19 Å². The number of halogens is 1. The second-order valence-corrected chi connectivity index (χ2v) is 3.18. The van der Waals surface area contributed by atoms with E-state index in [1.54, 1.807) is 6.07 Å². The molecular weight excluding hydrogens is 155 g/mol. The van der Waals surface area contributed by atoms with Gasteiger partial charge in [-0.15, -0.1) is 0 Å². The number of allylic oxidation sites excluding steroid dienone is 1. The van der Waals surface area contributed by atoms with Gasteiger partial charge in [-0.05, 0) is 28.8 Å². The molecule has 0 heterocycles. The van der Waals surface area contributed by atoms with E-state index in [1.165, 1.54) is 0 Å². The topological polar surface area (TPSA) is 0 Å². The van der Waals surface area contributed by atoms with Crippen LogP contribution in [0.15, 0.2) is 18.2 Å². The summed E-state index contributed by atoms with van der Waals surface area (Å²) < 4.78 is 12.9. The van der Waals surface area contributed by atoms with Gasteiger partial charge in [0.15, 0.2) is 0 Å². The van der Waals surface area contributed by atoms with Gasteiger partial charge in [-0.25, -0.2) is 4.39 Å². The lowest BCUT2D eigenvalue weighted by atomic mass is 10.1. The predicted molar refractivity (Wildman–Crippen MR) is 44.5 cm³/mol. The van der Waals surface area contributed by atoms with Crippen LogP contribution >= 0.6 is 0 Å². The van der Waals surface area contributed by atoms with Crippen LogP contribution in [0.25, 0.3) is 6.08 Å². The first-order valence-electron chi connectivity index (χ1n) is 3.48. The highest BCUT2D eigenvalue weighted by atomic mass is 28.1. The summed E-state index contributed by atoms with van der Waals surface area (Å²) in [5, 5.41) is 0.537. The van der Waals surface area contributed by atoms with Gasteiger partial charge in [0.1, 0.15) is 5.82 Å². The predicted octanol–water partition coefficient (Wildman–Crippen LogP) is 1.19. The highest BCUT2D eigenvalue weighted by Gasteiger charge is 2.07. The lowest BCUT2D eigenvalue weighted by Crippen LogP contribution is -2.09. The van der Waals surface area contributed by atoms with Gasteiger partial charge < -0.3 is 0 Å². The van der Waals surface area contributed by atoms with Crippen LogP contribution in [0.5, 0.6) is 0 Å². The Morgan fingerprint density at radius 2 is 2.18 bits per heavy atom. The van der Waals surface area contributed by atoms with Crippen molar-refractivity contribution in [2.45, 2.75) is 6.42 Å². The van der Waals surface area contributed by atoms with E-state index in [-0.39, 0.29) is 5.82 Å². The Kier molecular flexibility index (Phi) is 1.43. The Morgan fingerprint density at radius 1 is 1.36 bits per heavy atom. The molecule has 1 aromatic carbocycles. The smallest absolute Gasteiger partial charge is 0.121 e. The molecular formula is C9H6FSi. The molecule has 11 heavy (non-hydrogen) atoms. The monoisotopic (exact) mass is 161 g/mol. The molecule has 2 rings (SSSR count). The van der Waals surface area contributed by atoms with Crippen molar-refractivity contribution in [3.8, 4) is 0 Å². The van der Waals surface area contributed by atoms with E-state index >= 15 is 0 Å². The van der Waals surface area contributed by atoms with E-state index in [9.17, 15) is 4.39 Å². The normalized spacial score (nSPS) is 13.6. The zero-order valence-corrected chi connectivity index (χ0v) is 6.89. The molecule has 0 amide bonds. The van der Waals surface area contributed by atoms with Crippen molar-refractivity contribution in [3.05, 3.63) is 35.2 Å². The molecule has 1 aliphatic carbocycles. The number of hydrogen-bond donors (Lipinski definition) is 0. The third-order valence-electron chi connectivity index (χ3n) is 1.86. The summed E-state index contributed by atoms with van der Waals surface area (Å²) in [7, 11) is 3.19. The molecule has 0 aromatic heterocycles. The molecule has 0 saturated carbocycles. The minimum Gasteiger partial charge on any atom is -0.207 e. The quantitative estimate of drug-likeness (QED) is 0.501. The molecule has 53 valence electrons. The Morgan fingerprint density at radius 3 is 3.00 bits per heavy atom. The summed E-state index contributed by atoms with van der Waals surface area (Å²) >= 11 is 0. The number of benzene rings is 1. The lowest BCUT2D eigenvalue weighted by Gasteiger charge is -2.00. The van der Waals surface area contributed by atoms with Crippen molar-refractivity contribution in [1.29, 1.82) is 0 Å². The fraction of sp³-hybridized carbons (Fsp3) is 0.111. The summed E-state index contributed by atoms with van der Waals surface area (Å²) in [6.45, 7) is 0.